The van der Waals surface area contributed by atoms with Gasteiger partial charge in [-0.1, -0.05) is 16.4 Å². The van der Waals surface area contributed by atoms with E-state index >= 15 is 0 Å². The van der Waals surface area contributed by atoms with Crippen LogP contribution in [0.2, 0.25) is 0 Å². The Morgan fingerprint density at radius 2 is 2.32 bits per heavy atom. The first-order valence-corrected chi connectivity index (χ1v) is 6.00. The van der Waals surface area contributed by atoms with Crippen LogP contribution in [-0.4, -0.2) is 31.9 Å². The molecule has 2 rings (SSSR count). The van der Waals surface area contributed by atoms with Crippen LogP contribution in [0.25, 0.3) is 0 Å². The van der Waals surface area contributed by atoms with Crippen LogP contribution in [0, 0.1) is 0 Å². The van der Waals surface area contributed by atoms with Crippen molar-refractivity contribution in [1.29, 1.82) is 0 Å². The minimum absolute atomic E-state index is 0.0842. The average Bonchev–Trinajstić information content (AvgIpc) is 2.65. The molecule has 0 spiro atoms. The molecule has 0 radical (unpaired) electrons. The normalized spacial score (nSPS) is 10.6. The van der Waals surface area contributed by atoms with Gasteiger partial charge in [-0.05, 0) is 5.27 Å². The van der Waals surface area contributed by atoms with E-state index in [4.69, 9.17) is 5.11 Å². The first-order chi connectivity index (χ1) is 8.97. The van der Waals surface area contributed by atoms with Crippen molar-refractivity contribution in [3.63, 3.8) is 0 Å². The number of nitrogens with one attached hydrogen (secondary N) is 2. The van der Waals surface area contributed by atoms with Crippen LogP contribution in [0.15, 0.2) is 25.3 Å². The second-order valence-corrected chi connectivity index (χ2v) is 4.47. The quantitative estimate of drug-likeness (QED) is 0.271. The van der Waals surface area contributed by atoms with E-state index in [1.807, 2.05) is 0 Å². The fourth-order valence-corrected chi connectivity index (χ4v) is 2.07. The van der Waals surface area contributed by atoms with Crippen molar-refractivity contribution in [3.05, 3.63) is 32.5 Å². The third-order valence-electron chi connectivity index (χ3n) is 2.11. The molecule has 0 atom stereocenters. The lowest BCUT2D eigenvalue weighted by atomic mass is 10.3. The molecule has 0 saturated carbocycles. The predicted octanol–water partition coefficient (Wildman–Crippen LogP) is -1.44. The molecule has 2 aromatic rings. The number of rotatable bonds is 4. The third kappa shape index (κ3) is 2.91. The Hall–Kier alpha value is -2.36. The van der Waals surface area contributed by atoms with Crippen LogP contribution < -0.4 is 15.9 Å². The number of hydrogen-bond donors (Lipinski definition) is 3. The van der Waals surface area contributed by atoms with Gasteiger partial charge in [0, 0.05) is 0 Å². The Kier molecular flexibility index (Phi) is 3.51. The minimum atomic E-state index is -0.773. The van der Waals surface area contributed by atoms with E-state index in [0.29, 0.717) is 0 Å². The Morgan fingerprint density at radius 3 is 2.89 bits per heavy atom. The number of carbonyl (C=O) groups is 1. The molecular weight excluding hydrogens is 276 g/mol. The minimum Gasteiger partial charge on any atom is -0.493 e. The zero-order chi connectivity index (χ0) is 14.0. The van der Waals surface area contributed by atoms with Crippen LogP contribution >= 0.6 is 11.8 Å². The average molecular weight is 285 g/mol. The summed E-state index contributed by atoms with van der Waals surface area (Å²) in [5.41, 5.74) is -1.45. The lowest BCUT2D eigenvalue weighted by molar-refractivity contribution is -0.741. The van der Waals surface area contributed by atoms with Gasteiger partial charge < -0.3 is 10.1 Å². The summed E-state index contributed by atoms with van der Waals surface area (Å²) < 4.78 is 5.60. The Balaban J connectivity index is 2.13. The van der Waals surface area contributed by atoms with Gasteiger partial charge in [0.05, 0.1) is 11.8 Å². The molecule has 10 heteroatoms. The zero-order valence-electron chi connectivity index (χ0n) is 9.67. The number of ketones is 1. The highest BCUT2D eigenvalue weighted by Crippen LogP contribution is 2.13. The van der Waals surface area contributed by atoms with Gasteiger partial charge in [0.2, 0.25) is 11.7 Å². The fraction of sp³-hybridized carbons (Fsp3) is 0.222. The van der Waals surface area contributed by atoms with E-state index in [1.54, 1.807) is 0 Å². The van der Waals surface area contributed by atoms with Crippen molar-refractivity contribution in [2.24, 2.45) is 7.05 Å². The molecule has 19 heavy (non-hydrogen) atoms. The number of nitrogens with zero attached hydrogens (tertiary/aromatic N) is 2. The summed E-state index contributed by atoms with van der Waals surface area (Å²) in [7, 11) is 1.46. The number of carbonyl (C=O) groups excluding carboxylic acids is 1. The van der Waals surface area contributed by atoms with Gasteiger partial charge in [0.1, 0.15) is 0 Å². The number of aromatic amines is 2. The molecule has 0 aromatic carbocycles. The summed E-state index contributed by atoms with van der Waals surface area (Å²) in [6.45, 7) is 0. The first-order valence-electron chi connectivity index (χ1n) is 5.01. The van der Waals surface area contributed by atoms with E-state index in [2.05, 4.69) is 19.8 Å². The van der Waals surface area contributed by atoms with Gasteiger partial charge >= 0.3 is 11.3 Å². The van der Waals surface area contributed by atoms with Gasteiger partial charge in [0.25, 0.3) is 5.56 Å². The van der Waals surface area contributed by atoms with Crippen LogP contribution in [-0.2, 0) is 7.05 Å². The third-order valence-corrected chi connectivity index (χ3v) is 2.99. The standard InChI is InChI=1S/C9H8N4O5S/c1-13-7(8(17)18-12-13)4(14)3-19-9-10-5(15)2-6(16)11-9/h2H,3H2,1H3,(H2-,10,11,12,14,15,16,17)/p+1. The number of aromatic hydroxyl groups is 1. The van der Waals surface area contributed by atoms with Crippen molar-refractivity contribution in [3.8, 4) is 5.88 Å². The lowest BCUT2D eigenvalue weighted by Gasteiger charge is -1.97. The highest BCUT2D eigenvalue weighted by molar-refractivity contribution is 7.99. The van der Waals surface area contributed by atoms with E-state index in [1.165, 1.54) is 7.05 Å². The van der Waals surface area contributed by atoms with Gasteiger partial charge in [0.15, 0.2) is 12.2 Å². The van der Waals surface area contributed by atoms with Crippen LogP contribution in [0.4, 0.5) is 0 Å². The number of H-pyrrole nitrogens is 2. The molecule has 0 aliphatic rings. The van der Waals surface area contributed by atoms with Crippen molar-refractivity contribution in [2.75, 3.05) is 5.75 Å². The summed E-state index contributed by atoms with van der Waals surface area (Å²) in [6, 6.07) is 0.909. The molecule has 0 unspecified atom stereocenters. The van der Waals surface area contributed by atoms with E-state index < -0.39 is 22.8 Å². The summed E-state index contributed by atoms with van der Waals surface area (Å²) in [6.07, 6.45) is 0. The van der Waals surface area contributed by atoms with Crippen LogP contribution in [0.3, 0.4) is 0 Å². The topological polar surface area (TPSA) is 133 Å². The Bertz CT molecular complexity index is 731. The second-order valence-electron chi connectivity index (χ2n) is 3.51. The summed E-state index contributed by atoms with van der Waals surface area (Å²) >= 11 is 0.889. The maximum Gasteiger partial charge on any atom is 0.438 e. The molecule has 9 nitrogen and oxygen atoms in total. The maximum atomic E-state index is 11.8. The van der Waals surface area contributed by atoms with E-state index in [9.17, 15) is 14.4 Å². The molecular formula is C9H9N4O5S+. The molecule has 100 valence electrons. The molecule has 0 fully saturated rings. The number of thioether (sulfide) groups is 1. The van der Waals surface area contributed by atoms with Gasteiger partial charge in [-0.15, -0.1) is 0 Å². The largest absolute Gasteiger partial charge is 0.493 e. The smallest absolute Gasteiger partial charge is 0.438 e. The number of hydrogen-bond acceptors (Lipinski definition) is 7. The number of Topliss-reactive ketones (excluding diaryl/α,β-unsaturated/α-hetero) is 1. The molecule has 0 bridgehead atoms. The number of aryl methyl sites for hydroxylation is 1. The predicted molar refractivity (Wildman–Crippen MR) is 62.1 cm³/mol. The summed E-state index contributed by atoms with van der Waals surface area (Å²) in [4.78, 5) is 40.1. The summed E-state index contributed by atoms with van der Waals surface area (Å²) in [5.74, 6) is -1.07. The van der Waals surface area contributed by atoms with Crippen molar-refractivity contribution >= 4 is 17.5 Å². The van der Waals surface area contributed by atoms with Crippen LogP contribution in [0.1, 0.15) is 10.5 Å². The number of aromatic nitrogens is 4. The molecule has 2 heterocycles. The van der Waals surface area contributed by atoms with Crippen molar-refractivity contribution in [1.82, 2.24) is 15.2 Å². The molecule has 0 saturated heterocycles. The lowest BCUT2D eigenvalue weighted by Crippen LogP contribution is -2.39. The summed E-state index contributed by atoms with van der Waals surface area (Å²) in [5, 5.41) is 11.4. The van der Waals surface area contributed by atoms with Gasteiger partial charge in [-0.2, -0.15) is 4.98 Å². The molecule has 0 aliphatic heterocycles. The zero-order valence-corrected chi connectivity index (χ0v) is 10.5. The molecule has 0 amide bonds. The highest BCUT2D eigenvalue weighted by Gasteiger charge is 2.26. The monoisotopic (exact) mass is 285 g/mol. The Morgan fingerprint density at radius 1 is 1.58 bits per heavy atom. The Labute approximate surface area is 109 Å². The van der Waals surface area contributed by atoms with E-state index in [0.717, 1.165) is 22.5 Å². The SMILES string of the molecule is C[n+]1[nH]oc(=O)c1C(=O)CSc1nc(O)cc(=O)[nH]1. The fourth-order valence-electron chi connectivity index (χ4n) is 1.34. The van der Waals surface area contributed by atoms with E-state index in [-0.39, 0.29) is 16.6 Å². The van der Waals surface area contributed by atoms with Crippen LogP contribution in [0.5, 0.6) is 5.88 Å². The van der Waals surface area contributed by atoms with Gasteiger partial charge in [-0.25, -0.2) is 4.79 Å². The molecule has 3 N–H and O–H groups in total. The molecule has 0 aliphatic carbocycles. The van der Waals surface area contributed by atoms with Crippen molar-refractivity contribution in [2.45, 2.75) is 5.16 Å². The first kappa shape index (κ1) is 13.1. The highest BCUT2D eigenvalue weighted by atomic mass is 32.2. The second kappa shape index (κ2) is 5.10. The molecule has 2 aromatic heterocycles. The van der Waals surface area contributed by atoms with Gasteiger partial charge in [-0.3, -0.25) is 14.1 Å². The van der Waals surface area contributed by atoms with Crippen molar-refractivity contribution < 1.29 is 19.1 Å². The maximum absolute atomic E-state index is 11.8.